The second-order valence-corrected chi connectivity index (χ2v) is 2.62. The molecule has 0 spiro atoms. The van der Waals surface area contributed by atoms with Crippen molar-refractivity contribution in [1.82, 2.24) is 0 Å². The molecule has 2 heteroatoms. The molecule has 60 valence electrons. The smallest absolute Gasteiger partial charge is 0.0704 e. The molecule has 10 heavy (non-hydrogen) atoms. The van der Waals surface area contributed by atoms with E-state index >= 15 is 0 Å². The molecule has 0 aromatic heterocycles. The first kappa shape index (κ1) is 8.02. The van der Waals surface area contributed by atoms with E-state index in [1.165, 1.54) is 19.3 Å². The van der Waals surface area contributed by atoms with E-state index in [4.69, 9.17) is 9.47 Å². The van der Waals surface area contributed by atoms with E-state index < -0.39 is 0 Å². The number of rotatable bonds is 5. The fraction of sp³-hybridized carbons (Fsp3) is 1.00. The van der Waals surface area contributed by atoms with Crippen LogP contribution < -0.4 is 0 Å². The summed E-state index contributed by atoms with van der Waals surface area (Å²) in [6, 6.07) is 0. The van der Waals surface area contributed by atoms with Crippen LogP contribution in [-0.2, 0) is 9.47 Å². The summed E-state index contributed by atoms with van der Waals surface area (Å²) in [4.78, 5) is 0. The normalized spacial score (nSPS) is 18.9. The maximum absolute atomic E-state index is 5.46. The molecular formula is C8H16O2. The highest BCUT2D eigenvalue weighted by molar-refractivity contribution is 4.68. The van der Waals surface area contributed by atoms with Crippen molar-refractivity contribution in [2.75, 3.05) is 19.8 Å². The maximum Gasteiger partial charge on any atom is 0.0704 e. The van der Waals surface area contributed by atoms with Gasteiger partial charge in [-0.05, 0) is 26.2 Å². The molecule has 0 heterocycles. The minimum absolute atomic E-state index is 0.556. The predicted molar refractivity (Wildman–Crippen MR) is 40.1 cm³/mol. The van der Waals surface area contributed by atoms with E-state index in [9.17, 15) is 0 Å². The summed E-state index contributed by atoms with van der Waals surface area (Å²) in [5, 5.41) is 0. The van der Waals surface area contributed by atoms with Crippen LogP contribution in [0.5, 0.6) is 0 Å². The average Bonchev–Trinajstić information content (AvgIpc) is 1.84. The first-order chi connectivity index (χ1) is 4.93. The van der Waals surface area contributed by atoms with E-state index in [0.29, 0.717) is 6.10 Å². The van der Waals surface area contributed by atoms with Gasteiger partial charge >= 0.3 is 0 Å². The molecule has 0 N–H and O–H groups in total. The minimum atomic E-state index is 0.556. The Kier molecular flexibility index (Phi) is 3.76. The molecule has 0 amide bonds. The molecule has 0 aliphatic heterocycles. The molecule has 2 nitrogen and oxygen atoms in total. The lowest BCUT2D eigenvalue weighted by Gasteiger charge is -2.25. The summed E-state index contributed by atoms with van der Waals surface area (Å²) in [6.45, 7) is 4.34. The van der Waals surface area contributed by atoms with Gasteiger partial charge in [-0.3, -0.25) is 0 Å². The molecule has 0 saturated heterocycles. The van der Waals surface area contributed by atoms with Crippen LogP contribution in [0.4, 0.5) is 0 Å². The molecule has 0 atom stereocenters. The molecule has 1 aliphatic rings. The molecule has 1 fully saturated rings. The van der Waals surface area contributed by atoms with E-state index in [1.54, 1.807) is 0 Å². The zero-order valence-electron chi connectivity index (χ0n) is 6.64. The molecule has 0 bridgehead atoms. The Morgan fingerprint density at radius 3 is 2.60 bits per heavy atom. The highest BCUT2D eigenvalue weighted by Gasteiger charge is 2.16. The van der Waals surface area contributed by atoms with Gasteiger partial charge in [0, 0.05) is 6.61 Å². The van der Waals surface area contributed by atoms with Crippen molar-refractivity contribution in [1.29, 1.82) is 0 Å². The van der Waals surface area contributed by atoms with E-state index in [-0.39, 0.29) is 0 Å². The lowest BCUT2D eigenvalue weighted by atomic mass is 9.96. The molecule has 0 unspecified atom stereocenters. The van der Waals surface area contributed by atoms with Crippen molar-refractivity contribution in [2.24, 2.45) is 0 Å². The van der Waals surface area contributed by atoms with Crippen molar-refractivity contribution >= 4 is 0 Å². The van der Waals surface area contributed by atoms with Gasteiger partial charge in [-0.25, -0.2) is 0 Å². The lowest BCUT2D eigenvalue weighted by Crippen LogP contribution is -2.23. The summed E-state index contributed by atoms with van der Waals surface area (Å²) in [6.07, 6.45) is 4.41. The van der Waals surface area contributed by atoms with Crippen molar-refractivity contribution in [3.05, 3.63) is 0 Å². The van der Waals surface area contributed by atoms with Gasteiger partial charge in [0.25, 0.3) is 0 Å². The van der Waals surface area contributed by atoms with Crippen molar-refractivity contribution in [3.63, 3.8) is 0 Å². The third kappa shape index (κ3) is 2.67. The number of hydrogen-bond acceptors (Lipinski definition) is 2. The zero-order chi connectivity index (χ0) is 7.23. The molecule has 0 radical (unpaired) electrons. The molecule has 1 aliphatic carbocycles. The van der Waals surface area contributed by atoms with Crippen LogP contribution in [0.25, 0.3) is 0 Å². The minimum Gasteiger partial charge on any atom is -0.379 e. The Morgan fingerprint density at radius 1 is 1.30 bits per heavy atom. The second kappa shape index (κ2) is 4.69. The van der Waals surface area contributed by atoms with E-state index in [0.717, 1.165) is 19.8 Å². The Bertz CT molecular complexity index is 79.3. The SMILES string of the molecule is CCOCCOC1CCC1. The summed E-state index contributed by atoms with van der Waals surface area (Å²) in [5.41, 5.74) is 0. The molecule has 1 saturated carbocycles. The highest BCUT2D eigenvalue weighted by Crippen LogP contribution is 2.21. The molecule has 0 aromatic rings. The average molecular weight is 144 g/mol. The second-order valence-electron chi connectivity index (χ2n) is 2.62. The van der Waals surface area contributed by atoms with Crippen LogP contribution in [0.1, 0.15) is 26.2 Å². The van der Waals surface area contributed by atoms with Crippen molar-refractivity contribution in [2.45, 2.75) is 32.3 Å². The largest absolute Gasteiger partial charge is 0.379 e. The fourth-order valence-corrected chi connectivity index (χ4v) is 0.955. The van der Waals surface area contributed by atoms with Gasteiger partial charge in [-0.2, -0.15) is 0 Å². The summed E-state index contributed by atoms with van der Waals surface area (Å²) < 4.78 is 10.6. The summed E-state index contributed by atoms with van der Waals surface area (Å²) in [7, 11) is 0. The first-order valence-electron chi connectivity index (χ1n) is 4.13. The van der Waals surface area contributed by atoms with Crippen LogP contribution in [0.3, 0.4) is 0 Å². The van der Waals surface area contributed by atoms with Gasteiger partial charge in [0.05, 0.1) is 19.3 Å². The van der Waals surface area contributed by atoms with Crippen LogP contribution in [0.2, 0.25) is 0 Å². The Morgan fingerprint density at radius 2 is 2.10 bits per heavy atom. The first-order valence-corrected chi connectivity index (χ1v) is 4.13. The van der Waals surface area contributed by atoms with Crippen LogP contribution in [0, 0.1) is 0 Å². The monoisotopic (exact) mass is 144 g/mol. The Balaban J connectivity index is 1.76. The topological polar surface area (TPSA) is 18.5 Å². The van der Waals surface area contributed by atoms with Crippen molar-refractivity contribution in [3.8, 4) is 0 Å². The summed E-state index contributed by atoms with van der Waals surface area (Å²) >= 11 is 0. The Labute approximate surface area is 62.5 Å². The van der Waals surface area contributed by atoms with Gasteiger partial charge < -0.3 is 9.47 Å². The van der Waals surface area contributed by atoms with Crippen molar-refractivity contribution < 1.29 is 9.47 Å². The summed E-state index contributed by atoms with van der Waals surface area (Å²) in [5.74, 6) is 0. The van der Waals surface area contributed by atoms with Gasteiger partial charge in [0.15, 0.2) is 0 Å². The number of hydrogen-bond donors (Lipinski definition) is 0. The lowest BCUT2D eigenvalue weighted by molar-refractivity contribution is -0.0269. The van der Waals surface area contributed by atoms with Crippen LogP contribution in [-0.4, -0.2) is 25.9 Å². The van der Waals surface area contributed by atoms with Crippen LogP contribution in [0.15, 0.2) is 0 Å². The van der Waals surface area contributed by atoms with Gasteiger partial charge in [0.2, 0.25) is 0 Å². The van der Waals surface area contributed by atoms with Gasteiger partial charge in [-0.15, -0.1) is 0 Å². The quantitative estimate of drug-likeness (QED) is 0.545. The third-order valence-corrected chi connectivity index (χ3v) is 1.84. The Hall–Kier alpha value is -0.0800. The van der Waals surface area contributed by atoms with E-state index in [2.05, 4.69) is 0 Å². The molecule has 0 aromatic carbocycles. The molecular weight excluding hydrogens is 128 g/mol. The molecule has 1 rings (SSSR count). The highest BCUT2D eigenvalue weighted by atomic mass is 16.5. The third-order valence-electron chi connectivity index (χ3n) is 1.84. The van der Waals surface area contributed by atoms with Crippen LogP contribution >= 0.6 is 0 Å². The standard InChI is InChI=1S/C8H16O2/c1-2-9-6-7-10-8-4-3-5-8/h8H,2-7H2,1H3. The predicted octanol–water partition coefficient (Wildman–Crippen LogP) is 1.59. The zero-order valence-corrected chi connectivity index (χ0v) is 6.64. The number of ether oxygens (including phenoxy) is 2. The van der Waals surface area contributed by atoms with Gasteiger partial charge in [-0.1, -0.05) is 0 Å². The van der Waals surface area contributed by atoms with E-state index in [1.807, 2.05) is 6.92 Å². The van der Waals surface area contributed by atoms with Gasteiger partial charge in [0.1, 0.15) is 0 Å². The fourth-order valence-electron chi connectivity index (χ4n) is 0.955. The maximum atomic E-state index is 5.46.